The maximum atomic E-state index is 11.1. The average Bonchev–Trinajstić information content (AvgIpc) is 2.98. The number of rotatable bonds is 3. The summed E-state index contributed by atoms with van der Waals surface area (Å²) in [7, 11) is 3.94. The van der Waals surface area contributed by atoms with Gasteiger partial charge in [-0.1, -0.05) is 12.1 Å². The van der Waals surface area contributed by atoms with Crippen molar-refractivity contribution in [2.24, 2.45) is 0 Å². The molecule has 15 heavy (non-hydrogen) atoms. The monoisotopic (exact) mass is 205 g/mol. The molecule has 1 N–H and O–H groups in total. The number of carboxylic acids is 1. The van der Waals surface area contributed by atoms with Gasteiger partial charge in [0.1, 0.15) is 0 Å². The summed E-state index contributed by atoms with van der Waals surface area (Å²) in [6.07, 6.45) is 1.54. The number of hydrogen-bond acceptors (Lipinski definition) is 2. The summed E-state index contributed by atoms with van der Waals surface area (Å²) in [5, 5.41) is 9.13. The Morgan fingerprint density at radius 2 is 1.80 bits per heavy atom. The van der Waals surface area contributed by atoms with Gasteiger partial charge in [0.05, 0.1) is 5.41 Å². The highest BCUT2D eigenvalue weighted by atomic mass is 16.4. The number of anilines is 1. The average molecular weight is 205 g/mol. The number of benzene rings is 1. The van der Waals surface area contributed by atoms with E-state index in [1.54, 1.807) is 0 Å². The summed E-state index contributed by atoms with van der Waals surface area (Å²) in [6.45, 7) is 0. The summed E-state index contributed by atoms with van der Waals surface area (Å²) in [5.74, 6) is -0.694. The number of aliphatic carboxylic acids is 1. The van der Waals surface area contributed by atoms with Crippen molar-refractivity contribution >= 4 is 11.7 Å². The van der Waals surface area contributed by atoms with Gasteiger partial charge in [0.2, 0.25) is 0 Å². The van der Waals surface area contributed by atoms with Crippen molar-refractivity contribution in [3.05, 3.63) is 29.8 Å². The molecule has 0 amide bonds. The minimum atomic E-state index is -0.694. The molecule has 3 heteroatoms. The van der Waals surface area contributed by atoms with Gasteiger partial charge in [-0.15, -0.1) is 0 Å². The molecule has 0 saturated heterocycles. The van der Waals surface area contributed by atoms with E-state index in [1.807, 2.05) is 43.3 Å². The maximum Gasteiger partial charge on any atom is 0.314 e. The molecular weight excluding hydrogens is 190 g/mol. The van der Waals surface area contributed by atoms with Crippen molar-refractivity contribution in [2.75, 3.05) is 19.0 Å². The SMILES string of the molecule is CN(C)c1ccc(C2(C(=O)O)CC2)cc1. The van der Waals surface area contributed by atoms with Crippen LogP contribution in [0.15, 0.2) is 24.3 Å². The Hall–Kier alpha value is -1.51. The molecule has 0 atom stereocenters. The van der Waals surface area contributed by atoms with Crippen LogP contribution in [0.4, 0.5) is 5.69 Å². The van der Waals surface area contributed by atoms with Crippen LogP contribution in [0.5, 0.6) is 0 Å². The van der Waals surface area contributed by atoms with Crippen LogP contribution in [0.3, 0.4) is 0 Å². The lowest BCUT2D eigenvalue weighted by molar-refractivity contribution is -0.140. The Bertz CT molecular complexity index is 377. The summed E-state index contributed by atoms with van der Waals surface area (Å²) < 4.78 is 0. The predicted molar refractivity (Wildman–Crippen MR) is 59.3 cm³/mol. The van der Waals surface area contributed by atoms with Crippen LogP contribution in [-0.4, -0.2) is 25.2 Å². The van der Waals surface area contributed by atoms with E-state index in [1.165, 1.54) is 0 Å². The van der Waals surface area contributed by atoms with Gasteiger partial charge in [-0.05, 0) is 30.5 Å². The van der Waals surface area contributed by atoms with E-state index in [-0.39, 0.29) is 0 Å². The van der Waals surface area contributed by atoms with Gasteiger partial charge >= 0.3 is 5.97 Å². The van der Waals surface area contributed by atoms with Crippen LogP contribution in [0.1, 0.15) is 18.4 Å². The molecule has 0 aliphatic heterocycles. The number of hydrogen-bond donors (Lipinski definition) is 1. The van der Waals surface area contributed by atoms with E-state index in [0.717, 1.165) is 24.1 Å². The summed E-state index contributed by atoms with van der Waals surface area (Å²) in [6, 6.07) is 7.80. The molecule has 0 radical (unpaired) electrons. The summed E-state index contributed by atoms with van der Waals surface area (Å²) in [4.78, 5) is 13.1. The minimum Gasteiger partial charge on any atom is -0.481 e. The Kier molecular flexibility index (Phi) is 2.18. The molecule has 1 aromatic carbocycles. The van der Waals surface area contributed by atoms with Crippen molar-refractivity contribution in [2.45, 2.75) is 18.3 Å². The highest BCUT2D eigenvalue weighted by Crippen LogP contribution is 2.48. The first-order valence-electron chi connectivity index (χ1n) is 5.07. The second-order valence-electron chi connectivity index (χ2n) is 4.33. The zero-order chi connectivity index (χ0) is 11.1. The van der Waals surface area contributed by atoms with Crippen molar-refractivity contribution in [3.63, 3.8) is 0 Å². The van der Waals surface area contributed by atoms with Crippen LogP contribution >= 0.6 is 0 Å². The molecule has 0 heterocycles. The summed E-state index contributed by atoms with van der Waals surface area (Å²) >= 11 is 0. The number of nitrogens with zero attached hydrogens (tertiary/aromatic N) is 1. The second-order valence-corrected chi connectivity index (χ2v) is 4.33. The smallest absolute Gasteiger partial charge is 0.314 e. The fourth-order valence-corrected chi connectivity index (χ4v) is 1.83. The predicted octanol–water partition coefficient (Wildman–Crippen LogP) is 1.87. The Morgan fingerprint density at radius 3 is 2.13 bits per heavy atom. The molecule has 1 fully saturated rings. The normalized spacial score (nSPS) is 17.2. The van der Waals surface area contributed by atoms with E-state index in [4.69, 9.17) is 5.11 Å². The van der Waals surface area contributed by atoms with Crippen molar-refractivity contribution in [1.82, 2.24) is 0 Å². The lowest BCUT2D eigenvalue weighted by Crippen LogP contribution is -2.19. The zero-order valence-electron chi connectivity index (χ0n) is 9.03. The first-order chi connectivity index (χ1) is 7.06. The van der Waals surface area contributed by atoms with Gasteiger partial charge in [-0.25, -0.2) is 0 Å². The highest BCUT2D eigenvalue weighted by molar-refractivity contribution is 5.85. The third kappa shape index (κ3) is 1.58. The van der Waals surface area contributed by atoms with Crippen LogP contribution in [0, 0.1) is 0 Å². The first kappa shape index (κ1) is 10.0. The largest absolute Gasteiger partial charge is 0.481 e. The van der Waals surface area contributed by atoms with E-state index < -0.39 is 11.4 Å². The lowest BCUT2D eigenvalue weighted by atomic mass is 9.96. The van der Waals surface area contributed by atoms with Gasteiger partial charge in [0, 0.05) is 19.8 Å². The molecule has 0 unspecified atom stereocenters. The van der Waals surface area contributed by atoms with Gasteiger partial charge in [-0.2, -0.15) is 0 Å². The molecule has 1 saturated carbocycles. The first-order valence-corrected chi connectivity index (χ1v) is 5.07. The quantitative estimate of drug-likeness (QED) is 0.819. The van der Waals surface area contributed by atoms with Gasteiger partial charge < -0.3 is 10.0 Å². The molecule has 1 aliphatic carbocycles. The fourth-order valence-electron chi connectivity index (χ4n) is 1.83. The molecule has 0 aromatic heterocycles. The summed E-state index contributed by atoms with van der Waals surface area (Å²) in [5.41, 5.74) is 1.45. The highest BCUT2D eigenvalue weighted by Gasteiger charge is 2.51. The van der Waals surface area contributed by atoms with E-state index in [2.05, 4.69) is 0 Å². The standard InChI is InChI=1S/C12H15NO2/c1-13(2)10-5-3-9(4-6-10)12(7-8-12)11(14)15/h3-6H,7-8H2,1-2H3,(H,14,15). The Morgan fingerprint density at radius 1 is 1.27 bits per heavy atom. The lowest BCUT2D eigenvalue weighted by Gasteiger charge is -2.15. The number of carboxylic acid groups (broad SMARTS) is 1. The molecule has 80 valence electrons. The van der Waals surface area contributed by atoms with E-state index in [0.29, 0.717) is 0 Å². The van der Waals surface area contributed by atoms with Crippen LogP contribution in [0.2, 0.25) is 0 Å². The van der Waals surface area contributed by atoms with Crippen LogP contribution in [0.25, 0.3) is 0 Å². The second kappa shape index (κ2) is 3.26. The molecule has 1 aromatic rings. The molecule has 0 spiro atoms. The van der Waals surface area contributed by atoms with E-state index in [9.17, 15) is 4.79 Å². The third-order valence-corrected chi connectivity index (χ3v) is 3.10. The molecular formula is C12H15NO2. The van der Waals surface area contributed by atoms with Gasteiger partial charge in [0.15, 0.2) is 0 Å². The molecule has 1 aliphatic rings. The van der Waals surface area contributed by atoms with Crippen molar-refractivity contribution < 1.29 is 9.90 Å². The Labute approximate surface area is 89.3 Å². The van der Waals surface area contributed by atoms with Gasteiger partial charge in [0.25, 0.3) is 0 Å². The maximum absolute atomic E-state index is 11.1. The van der Waals surface area contributed by atoms with E-state index >= 15 is 0 Å². The van der Waals surface area contributed by atoms with Gasteiger partial charge in [-0.3, -0.25) is 4.79 Å². The minimum absolute atomic E-state index is 0.579. The zero-order valence-corrected chi connectivity index (χ0v) is 9.03. The van der Waals surface area contributed by atoms with Crippen molar-refractivity contribution in [1.29, 1.82) is 0 Å². The number of carbonyl (C=O) groups is 1. The third-order valence-electron chi connectivity index (χ3n) is 3.10. The molecule has 3 nitrogen and oxygen atoms in total. The molecule has 0 bridgehead atoms. The fraction of sp³-hybridized carbons (Fsp3) is 0.417. The van der Waals surface area contributed by atoms with Crippen LogP contribution < -0.4 is 4.90 Å². The molecule has 2 rings (SSSR count). The van der Waals surface area contributed by atoms with Crippen molar-refractivity contribution in [3.8, 4) is 0 Å². The van der Waals surface area contributed by atoms with Crippen LogP contribution in [-0.2, 0) is 10.2 Å². The Balaban J connectivity index is 2.28. The topological polar surface area (TPSA) is 40.5 Å².